The minimum Gasteiger partial charge on any atom is -0.312 e. The van der Waals surface area contributed by atoms with E-state index in [1.54, 1.807) is 0 Å². The monoisotopic (exact) mass is 320 g/mol. The zero-order chi connectivity index (χ0) is 15.6. The summed E-state index contributed by atoms with van der Waals surface area (Å²) in [4.78, 5) is 2.89. The van der Waals surface area contributed by atoms with Crippen LogP contribution >= 0.6 is 11.3 Å². The second-order valence-electron chi connectivity index (χ2n) is 4.69. The first kappa shape index (κ1) is 17.2. The first-order chi connectivity index (χ1) is 8.99. The second kappa shape index (κ2) is 6.30. The van der Waals surface area contributed by atoms with Crippen molar-refractivity contribution < 1.29 is 26.3 Å². The lowest BCUT2D eigenvalue weighted by Crippen LogP contribution is -2.20. The van der Waals surface area contributed by atoms with Gasteiger partial charge >= 0.3 is 12.4 Å². The van der Waals surface area contributed by atoms with Gasteiger partial charge in [-0.1, -0.05) is 13.8 Å². The van der Waals surface area contributed by atoms with E-state index >= 15 is 0 Å². The first-order valence-corrected chi connectivity index (χ1v) is 6.64. The molecule has 0 radical (unpaired) electrons. The van der Waals surface area contributed by atoms with Gasteiger partial charge in [0.25, 0.3) is 0 Å². The minimum absolute atomic E-state index is 0.136. The Morgan fingerprint density at radius 3 is 2.20 bits per heavy atom. The third-order valence-corrected chi connectivity index (χ3v) is 3.26. The second-order valence-corrected chi connectivity index (χ2v) is 5.86. The average molecular weight is 320 g/mol. The Bertz CT molecular complexity index is 435. The van der Waals surface area contributed by atoms with E-state index in [2.05, 4.69) is 10.3 Å². The summed E-state index contributed by atoms with van der Waals surface area (Å²) in [5, 5.41) is 2.22. The molecule has 0 aliphatic rings. The summed E-state index contributed by atoms with van der Waals surface area (Å²) in [5.74, 6) is 0.229. The molecule has 9 heteroatoms. The molecule has 0 saturated heterocycles. The molecule has 0 unspecified atom stereocenters. The quantitative estimate of drug-likeness (QED) is 0.829. The van der Waals surface area contributed by atoms with Gasteiger partial charge in [-0.3, -0.25) is 0 Å². The molecule has 0 bridgehead atoms. The lowest BCUT2D eigenvalue weighted by molar-refractivity contribution is -0.142. The predicted molar refractivity (Wildman–Crippen MR) is 63.4 cm³/mol. The highest BCUT2D eigenvalue weighted by Crippen LogP contribution is 2.36. The fourth-order valence-electron chi connectivity index (χ4n) is 1.46. The van der Waals surface area contributed by atoms with Crippen molar-refractivity contribution in [2.45, 2.75) is 39.2 Å². The Kier molecular flexibility index (Phi) is 5.42. The maximum absolute atomic E-state index is 12.7. The Labute approximate surface area is 116 Å². The molecule has 0 saturated carbocycles. The molecule has 1 rings (SSSR count). The van der Waals surface area contributed by atoms with Gasteiger partial charge in [0.2, 0.25) is 0 Å². The highest BCUT2D eigenvalue weighted by Gasteiger charge is 2.39. The maximum atomic E-state index is 12.7. The zero-order valence-electron chi connectivity index (χ0n) is 10.8. The Morgan fingerprint density at radius 1 is 1.15 bits per heavy atom. The summed E-state index contributed by atoms with van der Waals surface area (Å²) in [6.07, 6.45) is -10.7. The van der Waals surface area contributed by atoms with Crippen molar-refractivity contribution in [3.63, 3.8) is 0 Å². The molecule has 1 heterocycles. The number of nitrogens with zero attached hydrogens (tertiary/aromatic N) is 1. The topological polar surface area (TPSA) is 24.9 Å². The number of nitrogens with one attached hydrogen (secondary N) is 1. The highest BCUT2D eigenvalue weighted by molar-refractivity contribution is 7.11. The summed E-state index contributed by atoms with van der Waals surface area (Å²) >= 11 is 0.451. The summed E-state index contributed by atoms with van der Waals surface area (Å²) < 4.78 is 74.8. The lowest BCUT2D eigenvalue weighted by atomic mass is 10.2. The van der Waals surface area contributed by atoms with Gasteiger partial charge in [-0.2, -0.15) is 26.3 Å². The Hall–Kier alpha value is -0.830. The molecule has 1 aromatic rings. The molecule has 0 atom stereocenters. The molecule has 2 nitrogen and oxygen atoms in total. The Morgan fingerprint density at radius 2 is 1.75 bits per heavy atom. The highest BCUT2D eigenvalue weighted by atomic mass is 32.1. The molecule has 20 heavy (non-hydrogen) atoms. The van der Waals surface area contributed by atoms with Gasteiger partial charge in [-0.25, -0.2) is 4.98 Å². The molecule has 0 fully saturated rings. The van der Waals surface area contributed by atoms with E-state index in [0.29, 0.717) is 17.9 Å². The van der Waals surface area contributed by atoms with Crippen molar-refractivity contribution in [3.05, 3.63) is 15.6 Å². The van der Waals surface area contributed by atoms with Gasteiger partial charge < -0.3 is 5.32 Å². The first-order valence-electron chi connectivity index (χ1n) is 5.82. The molecule has 0 spiro atoms. The van der Waals surface area contributed by atoms with Crippen LogP contribution in [0.15, 0.2) is 0 Å². The van der Waals surface area contributed by atoms with Gasteiger partial charge in [0, 0.05) is 6.54 Å². The van der Waals surface area contributed by atoms with Crippen molar-refractivity contribution >= 4 is 11.3 Å². The van der Waals surface area contributed by atoms with E-state index in [-0.39, 0.29) is 17.3 Å². The summed E-state index contributed by atoms with van der Waals surface area (Å²) in [7, 11) is 0. The van der Waals surface area contributed by atoms with E-state index in [0.717, 1.165) is 0 Å². The fraction of sp³-hybridized carbons (Fsp3) is 0.727. The van der Waals surface area contributed by atoms with Crippen LogP contribution in [0.3, 0.4) is 0 Å². The molecule has 0 aliphatic carbocycles. The van der Waals surface area contributed by atoms with Crippen molar-refractivity contribution in [1.29, 1.82) is 0 Å². The maximum Gasteiger partial charge on any atom is 0.434 e. The standard InChI is InChI=1S/C11H14F6N2S/c1-6(2)4-18-5-7-9(11(15,16)17)19-8(20-7)3-10(12,13)14/h6,18H,3-5H2,1-2H3. The SMILES string of the molecule is CC(C)CNCc1sc(CC(F)(F)F)nc1C(F)(F)F. The van der Waals surface area contributed by atoms with Gasteiger partial charge in [0.15, 0.2) is 5.69 Å². The molecule has 0 aromatic carbocycles. The van der Waals surface area contributed by atoms with Crippen LogP contribution in [-0.4, -0.2) is 17.7 Å². The Balaban J connectivity index is 2.90. The van der Waals surface area contributed by atoms with Crippen LogP contribution < -0.4 is 5.32 Å². The molecule has 1 aromatic heterocycles. The van der Waals surface area contributed by atoms with Crippen LogP contribution in [0.1, 0.15) is 29.4 Å². The fourth-order valence-corrected chi connectivity index (χ4v) is 2.55. The van der Waals surface area contributed by atoms with Crippen LogP contribution in [0.25, 0.3) is 0 Å². The molecular formula is C11H14F6N2S. The van der Waals surface area contributed by atoms with Gasteiger partial charge in [-0.05, 0) is 12.5 Å². The van der Waals surface area contributed by atoms with E-state index in [9.17, 15) is 26.3 Å². The largest absolute Gasteiger partial charge is 0.434 e. The molecular weight excluding hydrogens is 306 g/mol. The molecule has 0 amide bonds. The lowest BCUT2D eigenvalue weighted by Gasteiger charge is -2.08. The number of aromatic nitrogens is 1. The van der Waals surface area contributed by atoms with E-state index < -0.39 is 29.5 Å². The normalized spacial score (nSPS) is 13.2. The third kappa shape index (κ3) is 5.66. The summed E-state index contributed by atoms with van der Waals surface area (Å²) in [6.45, 7) is 4.09. The van der Waals surface area contributed by atoms with E-state index in [1.165, 1.54) is 0 Å². The van der Waals surface area contributed by atoms with Crippen LogP contribution in [-0.2, 0) is 19.1 Å². The van der Waals surface area contributed by atoms with Crippen molar-refractivity contribution in [1.82, 2.24) is 10.3 Å². The van der Waals surface area contributed by atoms with Crippen molar-refractivity contribution in [2.24, 2.45) is 5.92 Å². The third-order valence-electron chi connectivity index (χ3n) is 2.20. The number of hydrogen-bond donors (Lipinski definition) is 1. The van der Waals surface area contributed by atoms with Gasteiger partial charge in [0.1, 0.15) is 5.01 Å². The number of alkyl halides is 6. The minimum atomic E-state index is -4.74. The van der Waals surface area contributed by atoms with Crippen molar-refractivity contribution in [2.75, 3.05) is 6.54 Å². The number of halogens is 6. The smallest absolute Gasteiger partial charge is 0.312 e. The average Bonchev–Trinajstić information content (AvgIpc) is 2.57. The predicted octanol–water partition coefficient (Wildman–Crippen LogP) is 4.01. The zero-order valence-corrected chi connectivity index (χ0v) is 11.6. The van der Waals surface area contributed by atoms with Crippen LogP contribution in [0, 0.1) is 5.92 Å². The summed E-state index contributed by atoms with van der Waals surface area (Å²) in [5.41, 5.74) is -1.22. The van der Waals surface area contributed by atoms with Crippen molar-refractivity contribution in [3.8, 4) is 0 Å². The van der Waals surface area contributed by atoms with E-state index in [1.807, 2.05) is 13.8 Å². The summed E-state index contributed by atoms with van der Waals surface area (Å²) in [6, 6.07) is 0. The van der Waals surface area contributed by atoms with Crippen LogP contribution in [0.2, 0.25) is 0 Å². The molecule has 1 N–H and O–H groups in total. The molecule has 0 aliphatic heterocycles. The van der Waals surface area contributed by atoms with Gasteiger partial charge in [-0.15, -0.1) is 11.3 Å². The number of hydrogen-bond acceptors (Lipinski definition) is 3. The number of thiazole rings is 1. The van der Waals surface area contributed by atoms with Crippen LogP contribution in [0.4, 0.5) is 26.3 Å². The molecule has 116 valence electrons. The van der Waals surface area contributed by atoms with E-state index in [4.69, 9.17) is 0 Å². The number of rotatable bonds is 5. The van der Waals surface area contributed by atoms with Gasteiger partial charge in [0.05, 0.1) is 11.3 Å². The van der Waals surface area contributed by atoms with Crippen LogP contribution in [0.5, 0.6) is 0 Å².